The Morgan fingerprint density at radius 1 is 1.53 bits per heavy atom. The maximum absolute atomic E-state index is 11.0. The number of thiazole rings is 1. The van der Waals surface area contributed by atoms with Gasteiger partial charge >= 0.3 is 6.03 Å². The van der Waals surface area contributed by atoms with Crippen LogP contribution in [0.25, 0.3) is 0 Å². The molecule has 0 aliphatic rings. The van der Waals surface area contributed by atoms with Crippen molar-refractivity contribution >= 4 is 17.4 Å². The van der Waals surface area contributed by atoms with Crippen molar-refractivity contribution in [3.63, 3.8) is 0 Å². The number of amides is 2. The maximum atomic E-state index is 11.0. The average Bonchev–Trinajstić information content (AvgIpc) is 2.66. The van der Waals surface area contributed by atoms with E-state index in [9.17, 15) is 4.79 Å². The van der Waals surface area contributed by atoms with Crippen LogP contribution in [0.2, 0.25) is 0 Å². The molecular weight excluding hydrogens is 238 g/mol. The Labute approximate surface area is 106 Å². The normalized spacial score (nSPS) is 11.3. The van der Waals surface area contributed by atoms with E-state index in [2.05, 4.69) is 46.8 Å². The second kappa shape index (κ2) is 5.97. The van der Waals surface area contributed by atoms with Crippen LogP contribution in [0.15, 0.2) is 5.38 Å². The Morgan fingerprint density at radius 2 is 2.24 bits per heavy atom. The predicted octanol–water partition coefficient (Wildman–Crippen LogP) is 1.84. The van der Waals surface area contributed by atoms with Crippen molar-refractivity contribution in [2.24, 2.45) is 0 Å². The van der Waals surface area contributed by atoms with E-state index < -0.39 is 0 Å². The van der Waals surface area contributed by atoms with Crippen LogP contribution >= 0.6 is 11.3 Å². The van der Waals surface area contributed by atoms with Crippen molar-refractivity contribution in [3.05, 3.63) is 16.1 Å². The van der Waals surface area contributed by atoms with E-state index in [1.807, 2.05) is 0 Å². The molecule has 0 aromatic carbocycles. The van der Waals surface area contributed by atoms with Crippen molar-refractivity contribution in [3.8, 4) is 0 Å². The summed E-state index contributed by atoms with van der Waals surface area (Å²) in [5.74, 6) is 0. The van der Waals surface area contributed by atoms with E-state index in [0.29, 0.717) is 6.54 Å². The summed E-state index contributed by atoms with van der Waals surface area (Å²) in [6.45, 7) is 6.95. The van der Waals surface area contributed by atoms with Crippen LogP contribution in [0.3, 0.4) is 0 Å². The van der Waals surface area contributed by atoms with Gasteiger partial charge in [-0.3, -0.25) is 4.84 Å². The summed E-state index contributed by atoms with van der Waals surface area (Å²) in [7, 11) is 1.40. The van der Waals surface area contributed by atoms with Crippen molar-refractivity contribution in [1.29, 1.82) is 0 Å². The van der Waals surface area contributed by atoms with Crippen molar-refractivity contribution < 1.29 is 9.63 Å². The molecule has 0 unspecified atom stereocenters. The lowest BCUT2D eigenvalue weighted by Gasteiger charge is -2.14. The number of hydrogen-bond acceptors (Lipinski definition) is 4. The Balaban J connectivity index is 2.38. The van der Waals surface area contributed by atoms with Gasteiger partial charge in [0, 0.05) is 23.8 Å². The molecule has 2 amide bonds. The van der Waals surface area contributed by atoms with Crippen LogP contribution in [-0.4, -0.2) is 24.7 Å². The SMILES string of the molecule is CONC(=O)NCCc1nc(C(C)(C)C)cs1. The standard InChI is InChI=1S/C11H19N3O2S/c1-11(2,3)8-7-17-9(13-8)5-6-12-10(15)14-16-4/h7H,5-6H2,1-4H3,(H2,12,14,15). The summed E-state index contributed by atoms with van der Waals surface area (Å²) in [4.78, 5) is 20.1. The lowest BCUT2D eigenvalue weighted by molar-refractivity contribution is 0.107. The van der Waals surface area contributed by atoms with Crippen molar-refractivity contribution in [1.82, 2.24) is 15.8 Å². The first-order valence-electron chi connectivity index (χ1n) is 5.45. The summed E-state index contributed by atoms with van der Waals surface area (Å²) >= 11 is 1.63. The third-order valence-corrected chi connectivity index (χ3v) is 3.05. The van der Waals surface area contributed by atoms with Gasteiger partial charge in [0.25, 0.3) is 0 Å². The number of aromatic nitrogens is 1. The van der Waals surface area contributed by atoms with Gasteiger partial charge in [0.05, 0.1) is 17.8 Å². The van der Waals surface area contributed by atoms with E-state index >= 15 is 0 Å². The largest absolute Gasteiger partial charge is 0.338 e. The van der Waals surface area contributed by atoms with Gasteiger partial charge in [-0.1, -0.05) is 20.8 Å². The number of nitrogens with one attached hydrogen (secondary N) is 2. The molecule has 0 spiro atoms. The van der Waals surface area contributed by atoms with E-state index in [1.54, 1.807) is 11.3 Å². The highest BCUT2D eigenvalue weighted by atomic mass is 32.1. The van der Waals surface area contributed by atoms with E-state index in [-0.39, 0.29) is 11.4 Å². The highest BCUT2D eigenvalue weighted by Crippen LogP contribution is 2.23. The molecule has 96 valence electrons. The second-order valence-corrected chi connectivity index (χ2v) is 5.63. The molecule has 6 heteroatoms. The topological polar surface area (TPSA) is 63.2 Å². The summed E-state index contributed by atoms with van der Waals surface area (Å²) < 4.78 is 0. The quantitative estimate of drug-likeness (QED) is 0.809. The zero-order valence-corrected chi connectivity index (χ0v) is 11.5. The molecule has 0 bridgehead atoms. The van der Waals surface area contributed by atoms with Gasteiger partial charge in [0.1, 0.15) is 0 Å². The molecule has 1 aromatic rings. The minimum atomic E-state index is -0.333. The fourth-order valence-corrected chi connectivity index (χ4v) is 2.21. The average molecular weight is 257 g/mol. The van der Waals surface area contributed by atoms with Gasteiger partial charge in [-0.15, -0.1) is 11.3 Å². The number of rotatable bonds is 4. The van der Waals surface area contributed by atoms with Gasteiger partial charge in [0.2, 0.25) is 0 Å². The van der Waals surface area contributed by atoms with Crippen LogP contribution < -0.4 is 10.8 Å². The van der Waals surface area contributed by atoms with Gasteiger partial charge < -0.3 is 5.32 Å². The fraction of sp³-hybridized carbons (Fsp3) is 0.636. The van der Waals surface area contributed by atoms with Gasteiger partial charge in [-0.2, -0.15) is 0 Å². The van der Waals surface area contributed by atoms with Crippen LogP contribution in [-0.2, 0) is 16.7 Å². The van der Waals surface area contributed by atoms with Crippen LogP contribution in [0, 0.1) is 0 Å². The molecule has 2 N–H and O–H groups in total. The first kappa shape index (κ1) is 13.9. The third kappa shape index (κ3) is 4.70. The molecule has 0 aliphatic heterocycles. The van der Waals surface area contributed by atoms with Crippen LogP contribution in [0.5, 0.6) is 0 Å². The molecule has 0 saturated heterocycles. The zero-order valence-electron chi connectivity index (χ0n) is 10.7. The van der Waals surface area contributed by atoms with E-state index in [1.165, 1.54) is 7.11 Å². The molecule has 0 saturated carbocycles. The lowest BCUT2D eigenvalue weighted by Crippen LogP contribution is -2.35. The van der Waals surface area contributed by atoms with Crippen LogP contribution in [0.4, 0.5) is 4.79 Å². The monoisotopic (exact) mass is 257 g/mol. The number of urea groups is 1. The molecule has 1 heterocycles. The molecule has 0 fully saturated rings. The number of hydrogen-bond donors (Lipinski definition) is 2. The Kier molecular flexibility index (Phi) is 4.89. The highest BCUT2D eigenvalue weighted by Gasteiger charge is 2.17. The molecule has 5 nitrogen and oxygen atoms in total. The van der Waals surface area contributed by atoms with E-state index in [0.717, 1.165) is 17.1 Å². The summed E-state index contributed by atoms with van der Waals surface area (Å²) in [5, 5.41) is 5.78. The smallest absolute Gasteiger partial charge is 0.336 e. The lowest BCUT2D eigenvalue weighted by atomic mass is 9.93. The number of carbonyl (C=O) groups excluding carboxylic acids is 1. The molecule has 0 aliphatic carbocycles. The second-order valence-electron chi connectivity index (χ2n) is 4.69. The summed E-state index contributed by atoms with van der Waals surface area (Å²) in [5.41, 5.74) is 3.37. The Bertz CT molecular complexity index is 371. The Hall–Kier alpha value is -1.14. The fourth-order valence-electron chi connectivity index (χ4n) is 1.18. The summed E-state index contributed by atoms with van der Waals surface area (Å²) in [6.07, 6.45) is 0.734. The number of carbonyl (C=O) groups is 1. The first-order chi connectivity index (χ1) is 7.93. The third-order valence-electron chi connectivity index (χ3n) is 2.14. The van der Waals surface area contributed by atoms with Crippen LogP contribution in [0.1, 0.15) is 31.5 Å². The van der Waals surface area contributed by atoms with Gasteiger partial charge in [-0.05, 0) is 0 Å². The molecule has 0 radical (unpaired) electrons. The van der Waals surface area contributed by atoms with Gasteiger partial charge in [-0.25, -0.2) is 15.3 Å². The highest BCUT2D eigenvalue weighted by molar-refractivity contribution is 7.09. The summed E-state index contributed by atoms with van der Waals surface area (Å²) in [6, 6.07) is -0.333. The molecule has 1 rings (SSSR count). The van der Waals surface area contributed by atoms with Crippen molar-refractivity contribution in [2.45, 2.75) is 32.6 Å². The predicted molar refractivity (Wildman–Crippen MR) is 68.1 cm³/mol. The molecule has 1 aromatic heterocycles. The number of hydroxylamine groups is 1. The van der Waals surface area contributed by atoms with Crippen molar-refractivity contribution in [2.75, 3.05) is 13.7 Å². The van der Waals surface area contributed by atoms with E-state index in [4.69, 9.17) is 0 Å². The Morgan fingerprint density at radius 3 is 2.76 bits per heavy atom. The first-order valence-corrected chi connectivity index (χ1v) is 6.33. The molecule has 0 atom stereocenters. The maximum Gasteiger partial charge on any atom is 0.338 e. The zero-order chi connectivity index (χ0) is 12.9. The van der Waals surface area contributed by atoms with Gasteiger partial charge in [0.15, 0.2) is 0 Å². The molecular formula is C11H19N3O2S. The molecule has 17 heavy (non-hydrogen) atoms. The number of nitrogens with zero attached hydrogens (tertiary/aromatic N) is 1. The minimum absolute atomic E-state index is 0.0790. The minimum Gasteiger partial charge on any atom is -0.336 e.